The number of unbranched alkanes of at least 4 members (excludes halogenated alkanes) is 10. The van der Waals surface area contributed by atoms with Gasteiger partial charge in [-0.15, -0.1) is 0 Å². The van der Waals surface area contributed by atoms with Crippen LogP contribution in [0.25, 0.3) is 0 Å². The van der Waals surface area contributed by atoms with Gasteiger partial charge in [-0.05, 0) is 19.3 Å². The zero-order valence-corrected chi connectivity index (χ0v) is 17.6. The van der Waals surface area contributed by atoms with Crippen molar-refractivity contribution in [3.8, 4) is 0 Å². The molecule has 0 aromatic rings. The lowest BCUT2D eigenvalue weighted by Crippen LogP contribution is -2.41. The molecule has 0 aromatic heterocycles. The molecule has 2 heteroatoms. The van der Waals surface area contributed by atoms with Crippen LogP contribution in [0.5, 0.6) is 0 Å². The minimum absolute atomic E-state index is 0.0623. The van der Waals surface area contributed by atoms with Gasteiger partial charge in [0, 0.05) is 5.41 Å². The Morgan fingerprint density at radius 2 is 1.04 bits per heavy atom. The predicted molar refractivity (Wildman–Crippen MR) is 109 cm³/mol. The van der Waals surface area contributed by atoms with Crippen LogP contribution in [-0.4, -0.2) is 19.5 Å². The van der Waals surface area contributed by atoms with Crippen molar-refractivity contribution < 1.29 is 9.47 Å². The second-order valence-electron chi connectivity index (χ2n) is 8.38. The fourth-order valence-electron chi connectivity index (χ4n) is 4.01. The summed E-state index contributed by atoms with van der Waals surface area (Å²) >= 11 is 0. The Labute approximate surface area is 158 Å². The summed E-state index contributed by atoms with van der Waals surface area (Å²) in [7, 11) is 0. The zero-order chi connectivity index (χ0) is 18.2. The van der Waals surface area contributed by atoms with Crippen molar-refractivity contribution in [2.75, 3.05) is 13.2 Å². The highest BCUT2D eigenvalue weighted by Crippen LogP contribution is 2.37. The maximum absolute atomic E-state index is 6.10. The van der Waals surface area contributed by atoms with E-state index in [9.17, 15) is 0 Å². The van der Waals surface area contributed by atoms with E-state index in [1.54, 1.807) is 0 Å². The van der Waals surface area contributed by atoms with Crippen LogP contribution in [0.15, 0.2) is 0 Å². The van der Waals surface area contributed by atoms with E-state index >= 15 is 0 Å². The number of rotatable bonds is 16. The molecular formula is C23H46O2. The molecule has 1 aliphatic rings. The fourth-order valence-corrected chi connectivity index (χ4v) is 4.01. The molecule has 0 saturated carbocycles. The second-order valence-corrected chi connectivity index (χ2v) is 8.38. The molecule has 0 radical (unpaired) electrons. The van der Waals surface area contributed by atoms with Crippen LogP contribution < -0.4 is 0 Å². The lowest BCUT2D eigenvalue weighted by Gasteiger charge is -2.40. The average molecular weight is 355 g/mol. The first-order chi connectivity index (χ1) is 12.3. The van der Waals surface area contributed by atoms with Gasteiger partial charge in [0.25, 0.3) is 0 Å². The topological polar surface area (TPSA) is 18.5 Å². The van der Waals surface area contributed by atoms with Crippen LogP contribution in [0.3, 0.4) is 0 Å². The van der Waals surface area contributed by atoms with Gasteiger partial charge >= 0.3 is 0 Å². The number of ether oxygens (including phenoxy) is 2. The summed E-state index contributed by atoms with van der Waals surface area (Å²) in [6.45, 7) is 8.65. The van der Waals surface area contributed by atoms with E-state index in [4.69, 9.17) is 9.47 Å². The van der Waals surface area contributed by atoms with Crippen molar-refractivity contribution in [1.29, 1.82) is 0 Å². The van der Waals surface area contributed by atoms with Gasteiger partial charge in [-0.1, -0.05) is 104 Å². The van der Waals surface area contributed by atoms with Crippen molar-refractivity contribution >= 4 is 0 Å². The monoisotopic (exact) mass is 354 g/mol. The van der Waals surface area contributed by atoms with Gasteiger partial charge in [0.1, 0.15) is 0 Å². The third-order valence-electron chi connectivity index (χ3n) is 5.80. The Hall–Kier alpha value is -0.0800. The van der Waals surface area contributed by atoms with E-state index in [0.29, 0.717) is 5.41 Å². The Balaban J connectivity index is 2.31. The van der Waals surface area contributed by atoms with E-state index in [1.165, 1.54) is 89.9 Å². The van der Waals surface area contributed by atoms with E-state index < -0.39 is 0 Å². The normalized spacial score (nSPS) is 17.9. The molecule has 2 nitrogen and oxygen atoms in total. The minimum atomic E-state index is 0.0623. The molecule has 0 aromatic carbocycles. The van der Waals surface area contributed by atoms with Gasteiger partial charge in [-0.2, -0.15) is 0 Å². The molecule has 25 heavy (non-hydrogen) atoms. The highest BCUT2D eigenvalue weighted by atomic mass is 16.7. The minimum Gasteiger partial charge on any atom is -0.352 e. The number of hydrogen-bond acceptors (Lipinski definition) is 2. The van der Waals surface area contributed by atoms with Crippen LogP contribution in [0.2, 0.25) is 0 Å². The summed E-state index contributed by atoms with van der Waals surface area (Å²) in [6.07, 6.45) is 21.4. The van der Waals surface area contributed by atoms with Gasteiger partial charge in [0.2, 0.25) is 0 Å². The largest absolute Gasteiger partial charge is 0.352 e. The van der Waals surface area contributed by atoms with E-state index in [1.807, 2.05) is 0 Å². The van der Waals surface area contributed by atoms with E-state index in [0.717, 1.165) is 26.1 Å². The molecule has 0 bridgehead atoms. The number of hydrogen-bond donors (Lipinski definition) is 0. The summed E-state index contributed by atoms with van der Waals surface area (Å²) in [5, 5.41) is 0. The first-order valence-corrected chi connectivity index (χ1v) is 11.5. The quantitative estimate of drug-likeness (QED) is 0.265. The van der Waals surface area contributed by atoms with Gasteiger partial charge in [0.15, 0.2) is 6.29 Å². The molecule has 0 unspecified atom stereocenters. The van der Waals surface area contributed by atoms with Crippen molar-refractivity contribution in [2.24, 2.45) is 5.41 Å². The van der Waals surface area contributed by atoms with Crippen LogP contribution in [0.4, 0.5) is 0 Å². The Kier molecular flexibility index (Phi) is 13.8. The molecule has 0 spiro atoms. The summed E-state index contributed by atoms with van der Waals surface area (Å²) in [4.78, 5) is 0. The smallest absolute Gasteiger partial charge is 0.157 e. The Morgan fingerprint density at radius 1 is 0.600 bits per heavy atom. The fraction of sp³-hybridized carbons (Fsp3) is 1.00. The molecule has 1 rings (SSSR count). The Bertz CT molecular complexity index is 264. The first-order valence-electron chi connectivity index (χ1n) is 11.5. The van der Waals surface area contributed by atoms with Crippen LogP contribution >= 0.6 is 0 Å². The molecular weight excluding hydrogens is 308 g/mol. The van der Waals surface area contributed by atoms with E-state index in [2.05, 4.69) is 20.8 Å². The van der Waals surface area contributed by atoms with Crippen molar-refractivity contribution in [3.63, 3.8) is 0 Å². The van der Waals surface area contributed by atoms with E-state index in [-0.39, 0.29) is 6.29 Å². The zero-order valence-electron chi connectivity index (χ0n) is 17.6. The average Bonchev–Trinajstić information content (AvgIpc) is 2.63. The maximum atomic E-state index is 6.10. The summed E-state index contributed by atoms with van der Waals surface area (Å²) in [5.41, 5.74) is 0.305. The lowest BCUT2D eigenvalue weighted by atomic mass is 9.78. The van der Waals surface area contributed by atoms with Gasteiger partial charge in [-0.3, -0.25) is 0 Å². The molecule has 1 fully saturated rings. The van der Waals surface area contributed by atoms with Crippen LogP contribution in [-0.2, 0) is 9.47 Å². The molecule has 0 atom stereocenters. The SMILES string of the molecule is CCCCCCCCC1(CCCCCCCC)COC(CCC)OC1. The third kappa shape index (κ3) is 10.6. The molecule has 1 saturated heterocycles. The van der Waals surface area contributed by atoms with Crippen molar-refractivity contribution in [1.82, 2.24) is 0 Å². The summed E-state index contributed by atoms with van der Waals surface area (Å²) in [6, 6.07) is 0. The summed E-state index contributed by atoms with van der Waals surface area (Å²) < 4.78 is 12.2. The highest BCUT2D eigenvalue weighted by Gasteiger charge is 2.35. The predicted octanol–water partition coefficient (Wildman–Crippen LogP) is 7.65. The molecule has 0 N–H and O–H groups in total. The molecule has 0 amide bonds. The van der Waals surface area contributed by atoms with Gasteiger partial charge < -0.3 is 9.47 Å². The summed E-state index contributed by atoms with van der Waals surface area (Å²) in [5.74, 6) is 0. The van der Waals surface area contributed by atoms with Crippen LogP contribution in [0.1, 0.15) is 124 Å². The first kappa shape index (κ1) is 23.0. The van der Waals surface area contributed by atoms with Crippen molar-refractivity contribution in [2.45, 2.75) is 130 Å². The second kappa shape index (κ2) is 15.0. The van der Waals surface area contributed by atoms with Crippen LogP contribution in [0, 0.1) is 5.41 Å². The molecule has 0 aliphatic carbocycles. The van der Waals surface area contributed by atoms with Crippen molar-refractivity contribution in [3.05, 3.63) is 0 Å². The van der Waals surface area contributed by atoms with Gasteiger partial charge in [-0.25, -0.2) is 0 Å². The molecule has 150 valence electrons. The lowest BCUT2D eigenvalue weighted by molar-refractivity contribution is -0.235. The molecule has 1 heterocycles. The van der Waals surface area contributed by atoms with Gasteiger partial charge in [0.05, 0.1) is 13.2 Å². The maximum Gasteiger partial charge on any atom is 0.157 e. The third-order valence-corrected chi connectivity index (χ3v) is 5.80. The highest BCUT2D eigenvalue weighted by molar-refractivity contribution is 4.82. The molecule has 1 aliphatic heterocycles. The Morgan fingerprint density at radius 3 is 1.48 bits per heavy atom. The standard InChI is InChI=1S/C23H46O2/c1-4-7-9-11-13-15-18-23(19-16-14-12-10-8-5-2)20-24-22(17-6-3)25-21-23/h22H,4-21H2,1-3H3.